The summed E-state index contributed by atoms with van der Waals surface area (Å²) in [6.07, 6.45) is 1.68. The number of hydrogen-bond donors (Lipinski definition) is 2. The fourth-order valence-corrected chi connectivity index (χ4v) is 3.62. The molecule has 1 amide bonds. The molecule has 2 rings (SSSR count). The van der Waals surface area contributed by atoms with E-state index in [9.17, 15) is 4.79 Å². The predicted molar refractivity (Wildman–Crippen MR) is 133 cm³/mol. The Bertz CT molecular complexity index is 800. The zero-order chi connectivity index (χ0) is 20.5. The fourth-order valence-electron chi connectivity index (χ4n) is 2.69. The average molecular weight is 529 g/mol. The van der Waals surface area contributed by atoms with Crippen molar-refractivity contribution in [3.8, 4) is 0 Å². The zero-order valence-corrected chi connectivity index (χ0v) is 21.1. The number of hydrogen-bond acceptors (Lipinski definition) is 4. The van der Waals surface area contributed by atoms with Crippen molar-refractivity contribution in [2.75, 3.05) is 33.7 Å². The Kier molecular flexibility index (Phi) is 11.2. The summed E-state index contributed by atoms with van der Waals surface area (Å²) >= 11 is 1.75. The summed E-state index contributed by atoms with van der Waals surface area (Å²) in [5.41, 5.74) is 2.96. The van der Waals surface area contributed by atoms with E-state index in [1.807, 2.05) is 31.2 Å². The van der Waals surface area contributed by atoms with E-state index >= 15 is 0 Å². The fraction of sp³-hybridized carbons (Fsp3) is 0.476. The first-order valence-electron chi connectivity index (χ1n) is 9.66. The van der Waals surface area contributed by atoms with Crippen molar-refractivity contribution in [1.82, 2.24) is 20.5 Å². The number of aliphatic imine (C=N–C) groups is 1. The molecular weight excluding hydrogens is 497 g/mol. The first-order valence-corrected chi connectivity index (χ1v) is 10.5. The van der Waals surface area contributed by atoms with Crippen LogP contribution in [0.2, 0.25) is 0 Å². The van der Waals surface area contributed by atoms with Crippen LogP contribution >= 0.6 is 35.3 Å². The van der Waals surface area contributed by atoms with Crippen LogP contribution in [0.1, 0.15) is 38.4 Å². The van der Waals surface area contributed by atoms with Gasteiger partial charge < -0.3 is 15.5 Å². The lowest BCUT2D eigenvalue weighted by Crippen LogP contribution is -2.38. The van der Waals surface area contributed by atoms with Crippen LogP contribution in [0.5, 0.6) is 0 Å². The average Bonchev–Trinajstić information content (AvgIpc) is 2.98. The normalized spacial score (nSPS) is 11.0. The number of aromatic nitrogens is 1. The lowest BCUT2D eigenvalue weighted by atomic mass is 10.1. The number of aryl methyl sites for hydroxylation is 2. The summed E-state index contributed by atoms with van der Waals surface area (Å²) in [5.74, 6) is 0.838. The second-order valence-electron chi connectivity index (χ2n) is 6.84. The number of benzene rings is 1. The van der Waals surface area contributed by atoms with Gasteiger partial charge in [-0.15, -0.1) is 35.3 Å². The van der Waals surface area contributed by atoms with Gasteiger partial charge in [-0.05, 0) is 44.9 Å². The standard InChI is InChI=1S/C21H31N5OS.HI/c1-6-22-21(24-13-11-19-25-15(2)16(3)28-19)23-12-10-17-8-7-9-18(14-17)20(27)26(4)5;/h7-9,14H,6,10-13H2,1-5H3,(H2,22,23,24);1H. The summed E-state index contributed by atoms with van der Waals surface area (Å²) in [5, 5.41) is 7.78. The Morgan fingerprint density at radius 1 is 1.21 bits per heavy atom. The monoisotopic (exact) mass is 529 g/mol. The van der Waals surface area contributed by atoms with Gasteiger partial charge in [0.15, 0.2) is 5.96 Å². The van der Waals surface area contributed by atoms with Crippen LogP contribution < -0.4 is 10.6 Å². The summed E-state index contributed by atoms with van der Waals surface area (Å²) in [7, 11) is 3.54. The summed E-state index contributed by atoms with van der Waals surface area (Å²) in [6, 6.07) is 7.79. The second-order valence-corrected chi connectivity index (χ2v) is 8.12. The maximum absolute atomic E-state index is 12.1. The minimum Gasteiger partial charge on any atom is -0.357 e. The molecule has 0 aliphatic rings. The smallest absolute Gasteiger partial charge is 0.253 e. The lowest BCUT2D eigenvalue weighted by Gasteiger charge is -2.13. The minimum atomic E-state index is 0. The zero-order valence-electron chi connectivity index (χ0n) is 17.9. The maximum Gasteiger partial charge on any atom is 0.253 e. The topological polar surface area (TPSA) is 69.6 Å². The van der Waals surface area contributed by atoms with Gasteiger partial charge in [-0.2, -0.15) is 0 Å². The summed E-state index contributed by atoms with van der Waals surface area (Å²) in [4.78, 5) is 24.2. The van der Waals surface area contributed by atoms with Crippen molar-refractivity contribution in [1.29, 1.82) is 0 Å². The van der Waals surface area contributed by atoms with Gasteiger partial charge in [0.25, 0.3) is 5.91 Å². The van der Waals surface area contributed by atoms with Gasteiger partial charge in [-0.25, -0.2) is 4.98 Å². The molecule has 0 bridgehead atoms. The van der Waals surface area contributed by atoms with E-state index in [2.05, 4.69) is 34.5 Å². The third kappa shape index (κ3) is 8.30. The molecule has 0 spiro atoms. The summed E-state index contributed by atoms with van der Waals surface area (Å²) < 4.78 is 0. The number of nitrogens with one attached hydrogen (secondary N) is 2. The van der Waals surface area contributed by atoms with Crippen molar-refractivity contribution < 1.29 is 4.79 Å². The molecule has 1 aromatic carbocycles. The number of carbonyl (C=O) groups excluding carboxylic acids is 1. The molecule has 0 radical (unpaired) electrons. The van der Waals surface area contributed by atoms with Crippen LogP contribution in [0.4, 0.5) is 0 Å². The van der Waals surface area contributed by atoms with Crippen LogP contribution in [0.3, 0.4) is 0 Å². The molecule has 160 valence electrons. The molecule has 1 heterocycles. The Morgan fingerprint density at radius 2 is 1.97 bits per heavy atom. The van der Waals surface area contributed by atoms with Gasteiger partial charge >= 0.3 is 0 Å². The van der Waals surface area contributed by atoms with Crippen LogP contribution in [-0.2, 0) is 12.8 Å². The first kappa shape index (κ1) is 25.4. The highest BCUT2D eigenvalue weighted by Crippen LogP contribution is 2.16. The Hall–Kier alpha value is -1.68. The molecule has 0 saturated carbocycles. The Balaban J connectivity index is 0.00000420. The summed E-state index contributed by atoms with van der Waals surface area (Å²) in [6.45, 7) is 8.47. The van der Waals surface area contributed by atoms with Crippen LogP contribution in [-0.4, -0.2) is 55.5 Å². The number of amides is 1. The van der Waals surface area contributed by atoms with Crippen molar-refractivity contribution in [3.05, 3.63) is 51.0 Å². The highest BCUT2D eigenvalue weighted by atomic mass is 127. The van der Waals surface area contributed by atoms with Gasteiger partial charge in [-0.3, -0.25) is 9.79 Å². The Labute approximate surface area is 195 Å². The maximum atomic E-state index is 12.1. The molecule has 2 N–H and O–H groups in total. The van der Waals surface area contributed by atoms with E-state index < -0.39 is 0 Å². The molecule has 29 heavy (non-hydrogen) atoms. The van der Waals surface area contributed by atoms with E-state index in [0.29, 0.717) is 6.54 Å². The van der Waals surface area contributed by atoms with Gasteiger partial charge in [0.2, 0.25) is 0 Å². The molecule has 0 saturated heterocycles. The van der Waals surface area contributed by atoms with Crippen LogP contribution in [0, 0.1) is 13.8 Å². The van der Waals surface area contributed by atoms with E-state index in [0.717, 1.165) is 53.7 Å². The molecule has 0 unspecified atom stereocenters. The molecule has 2 aromatic rings. The lowest BCUT2D eigenvalue weighted by molar-refractivity contribution is 0.0827. The quantitative estimate of drug-likeness (QED) is 0.313. The number of thiazole rings is 1. The van der Waals surface area contributed by atoms with E-state index in [-0.39, 0.29) is 29.9 Å². The van der Waals surface area contributed by atoms with Crippen molar-refractivity contribution in [3.63, 3.8) is 0 Å². The largest absolute Gasteiger partial charge is 0.357 e. The minimum absolute atomic E-state index is 0. The van der Waals surface area contributed by atoms with Crippen molar-refractivity contribution in [2.45, 2.75) is 33.6 Å². The number of rotatable bonds is 8. The highest BCUT2D eigenvalue weighted by molar-refractivity contribution is 14.0. The molecule has 0 atom stereocenters. The van der Waals surface area contributed by atoms with E-state index in [4.69, 9.17) is 0 Å². The van der Waals surface area contributed by atoms with Crippen molar-refractivity contribution in [2.24, 2.45) is 4.99 Å². The van der Waals surface area contributed by atoms with Crippen molar-refractivity contribution >= 4 is 47.2 Å². The van der Waals surface area contributed by atoms with E-state index in [1.165, 1.54) is 4.88 Å². The third-order valence-corrected chi connectivity index (χ3v) is 5.43. The third-order valence-electron chi connectivity index (χ3n) is 4.30. The molecule has 6 nitrogen and oxygen atoms in total. The second kappa shape index (κ2) is 12.8. The van der Waals surface area contributed by atoms with Gasteiger partial charge in [0.05, 0.1) is 10.7 Å². The Morgan fingerprint density at radius 3 is 2.59 bits per heavy atom. The van der Waals surface area contributed by atoms with Gasteiger partial charge in [0.1, 0.15) is 0 Å². The van der Waals surface area contributed by atoms with Crippen LogP contribution in [0.15, 0.2) is 29.3 Å². The SMILES string of the molecule is CCNC(=NCCc1nc(C)c(C)s1)NCCc1cccc(C(=O)N(C)C)c1.I. The number of nitrogens with zero attached hydrogens (tertiary/aromatic N) is 3. The molecule has 1 aromatic heterocycles. The molecular formula is C21H32IN5OS. The first-order chi connectivity index (χ1) is 13.4. The molecule has 0 aliphatic carbocycles. The van der Waals surface area contributed by atoms with Gasteiger partial charge in [0, 0.05) is 50.6 Å². The molecule has 0 fully saturated rings. The van der Waals surface area contributed by atoms with Gasteiger partial charge in [-0.1, -0.05) is 12.1 Å². The number of halogens is 1. The molecule has 8 heteroatoms. The predicted octanol–water partition coefficient (Wildman–Crippen LogP) is 3.42. The number of guanidine groups is 1. The molecule has 0 aliphatic heterocycles. The highest BCUT2D eigenvalue weighted by Gasteiger charge is 2.08. The number of carbonyl (C=O) groups is 1. The van der Waals surface area contributed by atoms with Crippen LogP contribution in [0.25, 0.3) is 0 Å². The van der Waals surface area contributed by atoms with E-state index in [1.54, 1.807) is 30.3 Å².